The van der Waals surface area contributed by atoms with Crippen molar-refractivity contribution in [3.05, 3.63) is 0 Å². The number of nitrogens with zero attached hydrogens (tertiary/aromatic N) is 1. The van der Waals surface area contributed by atoms with Crippen LogP contribution >= 0.6 is 0 Å². The van der Waals surface area contributed by atoms with Gasteiger partial charge in [-0.2, -0.15) is 0 Å². The smallest absolute Gasteiger partial charge is 0.325 e. The van der Waals surface area contributed by atoms with Crippen LogP contribution in [0.25, 0.3) is 0 Å². The Bertz CT molecular complexity index is 664. The number of carbonyl (C=O) groups is 5. The van der Waals surface area contributed by atoms with E-state index >= 15 is 0 Å². The third kappa shape index (κ3) is 12.1. The minimum absolute atomic E-state index is 0.00100. The van der Waals surface area contributed by atoms with Crippen molar-refractivity contribution >= 4 is 35.6 Å². The van der Waals surface area contributed by atoms with Crippen molar-refractivity contribution in [3.8, 4) is 0 Å². The van der Waals surface area contributed by atoms with Crippen molar-refractivity contribution < 1.29 is 29.1 Å². The highest BCUT2D eigenvalue weighted by Crippen LogP contribution is 2.01. The second kappa shape index (κ2) is 13.7. The lowest BCUT2D eigenvalue weighted by Gasteiger charge is -2.20. The van der Waals surface area contributed by atoms with Crippen LogP contribution in [0.2, 0.25) is 0 Å². The molecule has 0 aromatic rings. The largest absolute Gasteiger partial charge is 0.480 e. The number of primary amides is 1. The molecule has 30 heavy (non-hydrogen) atoms. The number of guanidine groups is 1. The van der Waals surface area contributed by atoms with Gasteiger partial charge in [0.05, 0.1) is 12.6 Å². The number of aliphatic imine (C=N–C) groups is 1. The summed E-state index contributed by atoms with van der Waals surface area (Å²) >= 11 is 0. The van der Waals surface area contributed by atoms with Crippen molar-refractivity contribution in [1.29, 1.82) is 0 Å². The number of nitrogens with one attached hydrogen (secondary N) is 3. The SMILES string of the molecule is CC(NC(=O)CNC(=O)C(CCCN=C(N)N)NC(=O)C(N)CCC(N)=O)C(=O)O. The molecule has 14 heteroatoms. The van der Waals surface area contributed by atoms with Gasteiger partial charge in [0.1, 0.15) is 12.1 Å². The van der Waals surface area contributed by atoms with E-state index in [9.17, 15) is 24.0 Å². The van der Waals surface area contributed by atoms with Gasteiger partial charge in [-0.25, -0.2) is 0 Å². The van der Waals surface area contributed by atoms with Crippen LogP contribution in [0.3, 0.4) is 0 Å². The first kappa shape index (κ1) is 26.6. The molecule has 3 unspecified atom stereocenters. The van der Waals surface area contributed by atoms with E-state index in [0.717, 1.165) is 0 Å². The molecule has 0 saturated carbocycles. The molecule has 12 N–H and O–H groups in total. The summed E-state index contributed by atoms with van der Waals surface area (Å²) in [4.78, 5) is 61.6. The average Bonchev–Trinajstić information content (AvgIpc) is 2.65. The minimum Gasteiger partial charge on any atom is -0.480 e. The van der Waals surface area contributed by atoms with Gasteiger partial charge in [-0.1, -0.05) is 0 Å². The van der Waals surface area contributed by atoms with E-state index in [1.54, 1.807) is 0 Å². The lowest BCUT2D eigenvalue weighted by atomic mass is 10.1. The van der Waals surface area contributed by atoms with Gasteiger partial charge in [-0.05, 0) is 26.2 Å². The average molecular weight is 430 g/mol. The van der Waals surface area contributed by atoms with E-state index in [2.05, 4.69) is 20.9 Å². The number of hydrogen-bond donors (Lipinski definition) is 8. The molecule has 0 rings (SSSR count). The first-order chi connectivity index (χ1) is 13.9. The standard InChI is InChI=1S/C16H30N8O6/c1-8(15(29)30)23-12(26)7-22-14(28)10(3-2-6-21-16(19)20)24-13(27)9(17)4-5-11(18)25/h8-10H,2-7,17H2,1H3,(H2,18,25)(H,22,28)(H,23,26)(H,24,27)(H,29,30)(H4,19,20,21). The van der Waals surface area contributed by atoms with Crippen molar-refractivity contribution in [2.45, 2.75) is 50.7 Å². The Balaban J connectivity index is 4.87. The summed E-state index contributed by atoms with van der Waals surface area (Å²) in [5.74, 6) is -4.06. The Hall–Kier alpha value is -3.42. The van der Waals surface area contributed by atoms with E-state index in [0.29, 0.717) is 6.42 Å². The molecule has 0 spiro atoms. The van der Waals surface area contributed by atoms with Gasteiger partial charge in [-0.3, -0.25) is 29.0 Å². The summed E-state index contributed by atoms with van der Waals surface area (Å²) in [5.41, 5.74) is 21.2. The van der Waals surface area contributed by atoms with E-state index in [1.807, 2.05) is 0 Å². The summed E-state index contributed by atoms with van der Waals surface area (Å²) in [6, 6.07) is -3.26. The number of carboxylic acid groups (broad SMARTS) is 1. The molecule has 4 amide bonds. The lowest BCUT2D eigenvalue weighted by Crippen LogP contribution is -2.53. The molecule has 0 aromatic carbocycles. The van der Waals surface area contributed by atoms with Crippen molar-refractivity contribution in [2.75, 3.05) is 13.1 Å². The highest BCUT2D eigenvalue weighted by molar-refractivity contribution is 5.92. The normalized spacial score (nSPS) is 13.3. The highest BCUT2D eigenvalue weighted by atomic mass is 16.4. The maximum absolute atomic E-state index is 12.4. The number of hydrogen-bond acceptors (Lipinski definition) is 7. The highest BCUT2D eigenvalue weighted by Gasteiger charge is 2.24. The molecule has 0 aromatic heterocycles. The second-order valence-corrected chi connectivity index (χ2v) is 6.47. The van der Waals surface area contributed by atoms with Crippen molar-refractivity contribution in [3.63, 3.8) is 0 Å². The number of carbonyl (C=O) groups excluding carboxylic acids is 4. The predicted octanol–water partition coefficient (Wildman–Crippen LogP) is -4.18. The maximum Gasteiger partial charge on any atom is 0.325 e. The number of carboxylic acids is 1. The summed E-state index contributed by atoms with van der Waals surface area (Å²) < 4.78 is 0. The zero-order valence-electron chi connectivity index (χ0n) is 16.7. The zero-order valence-corrected chi connectivity index (χ0v) is 16.7. The zero-order chi connectivity index (χ0) is 23.3. The lowest BCUT2D eigenvalue weighted by molar-refractivity contribution is -0.141. The molecular formula is C16H30N8O6. The molecule has 0 fully saturated rings. The molecule has 0 aliphatic rings. The fourth-order valence-corrected chi connectivity index (χ4v) is 2.12. The van der Waals surface area contributed by atoms with Crippen LogP contribution < -0.4 is 38.9 Å². The molecule has 0 aliphatic heterocycles. The van der Waals surface area contributed by atoms with Gasteiger partial charge < -0.3 is 44.0 Å². The summed E-state index contributed by atoms with van der Waals surface area (Å²) in [6.07, 6.45) is 0.357. The van der Waals surface area contributed by atoms with Crippen molar-refractivity contribution in [1.82, 2.24) is 16.0 Å². The summed E-state index contributed by atoms with van der Waals surface area (Å²) in [6.45, 7) is 0.971. The molecule has 0 saturated heterocycles. The third-order valence-electron chi connectivity index (χ3n) is 3.79. The van der Waals surface area contributed by atoms with E-state index in [-0.39, 0.29) is 31.8 Å². The van der Waals surface area contributed by atoms with Crippen LogP contribution in [-0.2, 0) is 24.0 Å². The molecule has 0 aliphatic carbocycles. The number of aliphatic carboxylic acids is 1. The molecule has 0 bridgehead atoms. The number of amides is 4. The molecule has 0 radical (unpaired) electrons. The van der Waals surface area contributed by atoms with E-state index < -0.39 is 54.3 Å². The van der Waals surface area contributed by atoms with Crippen LogP contribution in [-0.4, -0.2) is 71.9 Å². The first-order valence-corrected chi connectivity index (χ1v) is 9.13. The van der Waals surface area contributed by atoms with Gasteiger partial charge in [0.25, 0.3) is 0 Å². The number of rotatable bonds is 14. The molecule has 0 heterocycles. The van der Waals surface area contributed by atoms with Crippen LogP contribution in [0.15, 0.2) is 4.99 Å². The molecule has 14 nitrogen and oxygen atoms in total. The Labute approximate surface area is 173 Å². The fourth-order valence-electron chi connectivity index (χ4n) is 2.12. The first-order valence-electron chi connectivity index (χ1n) is 9.13. The van der Waals surface area contributed by atoms with Gasteiger partial charge in [0.2, 0.25) is 23.6 Å². The topological polar surface area (TPSA) is 258 Å². The molecule has 170 valence electrons. The van der Waals surface area contributed by atoms with E-state index in [1.165, 1.54) is 6.92 Å². The third-order valence-corrected chi connectivity index (χ3v) is 3.79. The van der Waals surface area contributed by atoms with Crippen LogP contribution in [0.1, 0.15) is 32.6 Å². The van der Waals surface area contributed by atoms with Crippen molar-refractivity contribution in [2.24, 2.45) is 27.9 Å². The predicted molar refractivity (Wildman–Crippen MR) is 106 cm³/mol. The van der Waals surface area contributed by atoms with Gasteiger partial charge in [-0.15, -0.1) is 0 Å². The van der Waals surface area contributed by atoms with Gasteiger partial charge >= 0.3 is 5.97 Å². The van der Waals surface area contributed by atoms with Crippen LogP contribution in [0.4, 0.5) is 0 Å². The Morgan fingerprint density at radius 1 is 1.00 bits per heavy atom. The summed E-state index contributed by atoms with van der Waals surface area (Å²) in [5, 5.41) is 15.7. The molecular weight excluding hydrogens is 400 g/mol. The monoisotopic (exact) mass is 430 g/mol. The number of nitrogens with two attached hydrogens (primary N) is 4. The second-order valence-electron chi connectivity index (χ2n) is 6.47. The minimum atomic E-state index is -1.23. The Morgan fingerprint density at radius 2 is 1.63 bits per heavy atom. The van der Waals surface area contributed by atoms with E-state index in [4.69, 9.17) is 28.0 Å². The van der Waals surface area contributed by atoms with Gasteiger partial charge in [0, 0.05) is 13.0 Å². The Morgan fingerprint density at radius 3 is 2.17 bits per heavy atom. The quantitative estimate of drug-likeness (QED) is 0.0753. The van der Waals surface area contributed by atoms with Crippen LogP contribution in [0.5, 0.6) is 0 Å². The Kier molecular flexibility index (Phi) is 12.1. The maximum atomic E-state index is 12.4. The van der Waals surface area contributed by atoms with Crippen LogP contribution in [0, 0.1) is 0 Å². The summed E-state index contributed by atoms with van der Waals surface area (Å²) in [7, 11) is 0. The fraction of sp³-hybridized carbons (Fsp3) is 0.625. The van der Waals surface area contributed by atoms with Gasteiger partial charge in [0.15, 0.2) is 5.96 Å². The molecule has 3 atom stereocenters.